The molecule has 0 saturated heterocycles. The van der Waals surface area contributed by atoms with Crippen molar-refractivity contribution in [1.29, 1.82) is 0 Å². The largest absolute Gasteiger partial charge is 0.248 e. The van der Waals surface area contributed by atoms with E-state index in [2.05, 4.69) is 178 Å². The zero-order valence-corrected chi connectivity index (χ0v) is 44.9. The van der Waals surface area contributed by atoms with Crippen LogP contribution in [0.2, 0.25) is 118 Å². The lowest BCUT2D eigenvalue weighted by Gasteiger charge is -2.41. The van der Waals surface area contributed by atoms with Gasteiger partial charge < -0.3 is 0 Å². The number of hydrogen-bond acceptors (Lipinski definition) is 0. The molecule has 0 N–H and O–H groups in total. The zero-order chi connectivity index (χ0) is 39.3. The third kappa shape index (κ3) is 7.96. The molecular weight excluding hydrogens is 737 g/mol. The molecule has 3 aromatic carbocycles. The Kier molecular flexibility index (Phi) is 12.0. The first-order chi connectivity index (χ1) is 22.0. The van der Waals surface area contributed by atoms with E-state index in [1.807, 2.05) is 0 Å². The van der Waals surface area contributed by atoms with Crippen LogP contribution in [0.1, 0.15) is 33.4 Å². The van der Waals surface area contributed by atoms with E-state index >= 15 is 0 Å². The van der Waals surface area contributed by atoms with Crippen molar-refractivity contribution in [3.63, 3.8) is 0 Å². The highest BCUT2D eigenvalue weighted by molar-refractivity contribution is 7.41. The molecule has 0 unspecified atom stereocenters. The molecule has 278 valence electrons. The summed E-state index contributed by atoms with van der Waals surface area (Å²) in [4.78, 5) is 0. The Morgan fingerprint density at radius 2 is 0.460 bits per heavy atom. The van der Waals surface area contributed by atoms with Crippen molar-refractivity contribution in [1.82, 2.24) is 0 Å². The van der Waals surface area contributed by atoms with Gasteiger partial charge >= 0.3 is 0 Å². The first-order valence-corrected chi connectivity index (χ1v) is 43.2. The van der Waals surface area contributed by atoms with E-state index in [4.69, 9.17) is 11.1 Å². The van der Waals surface area contributed by atoms with E-state index < -0.39 is 55.8 Å². The lowest BCUT2D eigenvalue weighted by molar-refractivity contribution is 1.42. The van der Waals surface area contributed by atoms with Crippen LogP contribution < -0.4 is 46.7 Å². The fraction of sp³-hybridized carbons (Fsp3) is 0.571. The van der Waals surface area contributed by atoms with Crippen LogP contribution >= 0.6 is 11.1 Å². The molecule has 0 aromatic heterocycles. The molecule has 0 aliphatic rings. The van der Waals surface area contributed by atoms with Crippen molar-refractivity contribution in [2.24, 2.45) is 0 Å². The standard InChI is InChI=1S/C42H75ClSi7/c1-28-25-34(31(4)40(47(16,17)18)37(28)44(7,8)9)50(43,35-26-29(2)38(45(10,11)12)41(32(35)5)48(19,20)21)36-27-30(3)39(46(13,14)15)42(33(36)6)49(22,23)24/h25-27H,1-24H3. The average molecular weight is 812 g/mol. The summed E-state index contributed by atoms with van der Waals surface area (Å²) >= 11 is 9.03. The van der Waals surface area contributed by atoms with E-state index in [1.165, 1.54) is 48.9 Å². The van der Waals surface area contributed by atoms with Crippen molar-refractivity contribution in [2.75, 3.05) is 0 Å². The maximum Gasteiger partial charge on any atom is 0.248 e. The number of rotatable bonds is 9. The molecule has 0 spiro atoms. The molecule has 0 amide bonds. The lowest BCUT2D eigenvalue weighted by atomic mass is 10.1. The molecule has 0 fully saturated rings. The summed E-state index contributed by atoms with van der Waals surface area (Å²) in [6, 6.07) is 7.86. The van der Waals surface area contributed by atoms with E-state index in [9.17, 15) is 0 Å². The molecule has 8 heteroatoms. The predicted molar refractivity (Wildman–Crippen MR) is 256 cm³/mol. The predicted octanol–water partition coefficient (Wildman–Crippen LogP) is 8.01. The Bertz CT molecular complexity index is 1600. The zero-order valence-electron chi connectivity index (χ0n) is 37.1. The van der Waals surface area contributed by atoms with Gasteiger partial charge in [0.25, 0.3) is 0 Å². The summed E-state index contributed by atoms with van der Waals surface area (Å²) < 4.78 is 0. The SMILES string of the molecule is Cc1cc([Si](Cl)(c2cc(C)c([Si](C)(C)C)c([Si](C)(C)C)c2C)c2cc(C)c([Si](C)(C)C)c([Si](C)(C)C)c2C)c(C)c([Si](C)(C)C)c1[Si](C)(C)C. The van der Waals surface area contributed by atoms with Gasteiger partial charge in [-0.15, -0.1) is 11.1 Å². The molecule has 50 heavy (non-hydrogen) atoms. The summed E-state index contributed by atoms with van der Waals surface area (Å²) in [5.41, 5.74) is 8.98. The Morgan fingerprint density at radius 3 is 0.600 bits per heavy atom. The van der Waals surface area contributed by atoms with E-state index in [0.29, 0.717) is 0 Å². The monoisotopic (exact) mass is 810 g/mol. The van der Waals surface area contributed by atoms with Crippen molar-refractivity contribution in [3.05, 3.63) is 51.6 Å². The highest BCUT2D eigenvalue weighted by Crippen LogP contribution is 2.24. The fourth-order valence-corrected chi connectivity index (χ4v) is 36.1. The minimum atomic E-state index is -3.10. The average Bonchev–Trinajstić information content (AvgIpc) is 2.86. The van der Waals surface area contributed by atoms with Crippen LogP contribution in [0.15, 0.2) is 18.2 Å². The number of hydrogen-bond donors (Lipinski definition) is 0. The van der Waals surface area contributed by atoms with Gasteiger partial charge in [-0.25, -0.2) is 0 Å². The second-order valence-corrected chi connectivity index (χ2v) is 56.6. The third-order valence-corrected chi connectivity index (χ3v) is 30.1. The van der Waals surface area contributed by atoms with Crippen LogP contribution in [0, 0.1) is 41.5 Å². The van der Waals surface area contributed by atoms with Gasteiger partial charge in [-0.05, 0) is 57.1 Å². The van der Waals surface area contributed by atoms with Crippen molar-refractivity contribution in [2.45, 2.75) is 159 Å². The second kappa shape index (κ2) is 13.6. The van der Waals surface area contributed by atoms with E-state index in [-0.39, 0.29) is 0 Å². The summed E-state index contributed by atoms with van der Waals surface area (Å²) in [7, 11) is -13.3. The number of halogens is 1. The summed E-state index contributed by atoms with van der Waals surface area (Å²) in [6.45, 7) is 60.8. The van der Waals surface area contributed by atoms with Gasteiger partial charge in [0.1, 0.15) is 0 Å². The van der Waals surface area contributed by atoms with Gasteiger partial charge in [0.2, 0.25) is 7.38 Å². The highest BCUT2D eigenvalue weighted by Gasteiger charge is 2.47. The highest BCUT2D eigenvalue weighted by atomic mass is 35.6. The van der Waals surface area contributed by atoms with Gasteiger partial charge in [0, 0.05) is 0 Å². The Morgan fingerprint density at radius 1 is 0.300 bits per heavy atom. The van der Waals surface area contributed by atoms with Gasteiger partial charge in [-0.1, -0.05) is 201 Å². The molecular formula is C42H75ClSi7. The van der Waals surface area contributed by atoms with Crippen LogP contribution in [0.4, 0.5) is 0 Å². The maximum atomic E-state index is 9.03. The normalized spacial score (nSPS) is 14.1. The molecule has 0 radical (unpaired) electrons. The van der Waals surface area contributed by atoms with E-state index in [0.717, 1.165) is 0 Å². The smallest absolute Gasteiger partial charge is 0.149 e. The minimum absolute atomic E-state index is 1.46. The Labute approximate surface area is 322 Å². The quantitative estimate of drug-likeness (QED) is 0.117. The minimum Gasteiger partial charge on any atom is -0.149 e. The van der Waals surface area contributed by atoms with Crippen LogP contribution in [0.25, 0.3) is 0 Å². The van der Waals surface area contributed by atoms with Crippen LogP contribution in [0.5, 0.6) is 0 Å². The summed E-state index contributed by atoms with van der Waals surface area (Å²) in [6.07, 6.45) is 0. The first-order valence-electron chi connectivity index (χ1n) is 19.2. The molecule has 0 atom stereocenters. The topological polar surface area (TPSA) is 0 Å². The third-order valence-electron chi connectivity index (χ3n) is 11.0. The van der Waals surface area contributed by atoms with Crippen molar-refractivity contribution in [3.8, 4) is 0 Å². The van der Waals surface area contributed by atoms with Crippen molar-refractivity contribution >= 4 is 114 Å². The van der Waals surface area contributed by atoms with E-state index in [1.54, 1.807) is 31.1 Å². The molecule has 3 rings (SSSR count). The first kappa shape index (κ1) is 43.9. The molecule has 3 aromatic rings. The van der Waals surface area contributed by atoms with Crippen molar-refractivity contribution < 1.29 is 0 Å². The molecule has 0 nitrogen and oxygen atoms in total. The molecule has 0 aliphatic heterocycles. The van der Waals surface area contributed by atoms with Crippen LogP contribution in [-0.4, -0.2) is 55.8 Å². The molecule has 0 aliphatic carbocycles. The Balaban J connectivity index is 2.90. The molecule has 0 heterocycles. The number of aryl methyl sites for hydroxylation is 3. The fourth-order valence-electron chi connectivity index (χ4n) is 9.97. The summed E-state index contributed by atoms with van der Waals surface area (Å²) in [5.74, 6) is 0. The molecule has 0 saturated carbocycles. The van der Waals surface area contributed by atoms with Crippen LogP contribution in [-0.2, 0) is 0 Å². The summed E-state index contributed by atoms with van der Waals surface area (Å²) in [5, 5.41) is 14.6. The molecule has 0 bridgehead atoms. The van der Waals surface area contributed by atoms with Gasteiger partial charge in [-0.2, -0.15) is 0 Å². The van der Waals surface area contributed by atoms with Gasteiger partial charge in [0.15, 0.2) is 0 Å². The Hall–Kier alpha value is -0.532. The lowest BCUT2D eigenvalue weighted by Crippen LogP contribution is -2.72. The number of benzene rings is 3. The maximum absolute atomic E-state index is 9.03. The van der Waals surface area contributed by atoms with Crippen LogP contribution in [0.3, 0.4) is 0 Å². The second-order valence-electron chi connectivity index (χ2n) is 22.0. The van der Waals surface area contributed by atoms with Gasteiger partial charge in [-0.3, -0.25) is 0 Å². The van der Waals surface area contributed by atoms with Gasteiger partial charge in [0.05, 0.1) is 48.4 Å².